The average Bonchev–Trinajstić information content (AvgIpc) is 2.35. The Morgan fingerprint density at radius 1 is 1.35 bits per heavy atom. The molecule has 0 atom stereocenters. The van der Waals surface area contributed by atoms with Crippen molar-refractivity contribution in [3.05, 3.63) is 35.9 Å². The minimum Gasteiger partial charge on any atom is -0.482 e. The fourth-order valence-corrected chi connectivity index (χ4v) is 1.22. The van der Waals surface area contributed by atoms with E-state index in [1.54, 1.807) is 19.1 Å². The minimum atomic E-state index is -0.361. The summed E-state index contributed by atoms with van der Waals surface area (Å²) in [4.78, 5) is 11.1. The number of rotatable bonds is 6. The van der Waals surface area contributed by atoms with Crippen LogP contribution in [-0.2, 0) is 9.53 Å². The van der Waals surface area contributed by atoms with Crippen LogP contribution in [0, 0.1) is 0 Å². The lowest BCUT2D eigenvalue weighted by molar-refractivity contribution is -0.145. The Labute approximate surface area is 101 Å². The van der Waals surface area contributed by atoms with Crippen LogP contribution in [0.2, 0.25) is 0 Å². The molecule has 0 spiro atoms. The largest absolute Gasteiger partial charge is 0.482 e. The van der Waals surface area contributed by atoms with Crippen molar-refractivity contribution in [1.29, 1.82) is 0 Å². The van der Waals surface area contributed by atoms with Crippen LogP contribution in [-0.4, -0.2) is 25.7 Å². The van der Waals surface area contributed by atoms with Gasteiger partial charge in [-0.15, -0.1) is 0 Å². The van der Waals surface area contributed by atoms with Crippen LogP contribution in [0.1, 0.15) is 12.5 Å². The summed E-state index contributed by atoms with van der Waals surface area (Å²) in [6, 6.07) is 7.39. The number of nitrogens with two attached hydrogens (primary N) is 1. The molecule has 0 saturated heterocycles. The molecular weight excluding hydrogens is 218 g/mol. The summed E-state index contributed by atoms with van der Waals surface area (Å²) >= 11 is 0. The van der Waals surface area contributed by atoms with Gasteiger partial charge in [-0.3, -0.25) is 0 Å². The van der Waals surface area contributed by atoms with Gasteiger partial charge < -0.3 is 15.2 Å². The van der Waals surface area contributed by atoms with Crippen molar-refractivity contribution in [2.24, 2.45) is 5.73 Å². The lowest BCUT2D eigenvalue weighted by Crippen LogP contribution is -2.14. The molecule has 0 radical (unpaired) electrons. The second kappa shape index (κ2) is 7.46. The monoisotopic (exact) mass is 235 g/mol. The zero-order valence-electron chi connectivity index (χ0n) is 9.89. The zero-order valence-corrected chi connectivity index (χ0v) is 9.89. The summed E-state index contributed by atoms with van der Waals surface area (Å²) in [5.41, 5.74) is 6.39. The first-order valence-corrected chi connectivity index (χ1v) is 5.51. The topological polar surface area (TPSA) is 61.5 Å². The number of carbonyl (C=O) groups is 1. The summed E-state index contributed by atoms with van der Waals surface area (Å²) in [7, 11) is 0. The third kappa shape index (κ3) is 5.17. The van der Waals surface area contributed by atoms with Crippen LogP contribution >= 0.6 is 0 Å². The van der Waals surface area contributed by atoms with E-state index in [1.807, 2.05) is 24.3 Å². The van der Waals surface area contributed by atoms with Crippen molar-refractivity contribution >= 4 is 12.0 Å². The molecule has 0 bridgehead atoms. The Kier molecular flexibility index (Phi) is 5.82. The Balaban J connectivity index is 2.45. The van der Waals surface area contributed by atoms with Crippen molar-refractivity contribution in [1.82, 2.24) is 0 Å². The van der Waals surface area contributed by atoms with E-state index in [1.165, 1.54) is 0 Å². The minimum absolute atomic E-state index is 0.0637. The predicted octanol–water partition coefficient (Wildman–Crippen LogP) is 1.60. The number of ether oxygens (including phenoxy) is 2. The zero-order chi connectivity index (χ0) is 12.5. The average molecular weight is 235 g/mol. The van der Waals surface area contributed by atoms with Crippen LogP contribution in [0.25, 0.3) is 6.08 Å². The molecule has 1 rings (SSSR count). The summed E-state index contributed by atoms with van der Waals surface area (Å²) in [5.74, 6) is 0.280. The second-order valence-corrected chi connectivity index (χ2v) is 3.30. The van der Waals surface area contributed by atoms with E-state index in [0.717, 1.165) is 5.56 Å². The van der Waals surface area contributed by atoms with Crippen LogP contribution in [0.4, 0.5) is 0 Å². The highest BCUT2D eigenvalue weighted by atomic mass is 16.6. The van der Waals surface area contributed by atoms with Gasteiger partial charge in [-0.1, -0.05) is 24.3 Å². The first-order valence-electron chi connectivity index (χ1n) is 5.51. The Hall–Kier alpha value is -1.81. The molecule has 0 amide bonds. The van der Waals surface area contributed by atoms with E-state index < -0.39 is 0 Å². The number of esters is 1. The first kappa shape index (κ1) is 13.3. The van der Waals surface area contributed by atoms with E-state index in [-0.39, 0.29) is 12.6 Å². The Bertz CT molecular complexity index is 371. The van der Waals surface area contributed by atoms with Gasteiger partial charge in [0.15, 0.2) is 6.61 Å². The number of benzene rings is 1. The smallest absolute Gasteiger partial charge is 0.344 e. The highest BCUT2D eigenvalue weighted by molar-refractivity contribution is 5.71. The van der Waals surface area contributed by atoms with E-state index in [9.17, 15) is 4.79 Å². The molecule has 4 heteroatoms. The summed E-state index contributed by atoms with van der Waals surface area (Å²) < 4.78 is 10.0. The van der Waals surface area contributed by atoms with Gasteiger partial charge in [0.2, 0.25) is 0 Å². The molecule has 2 N–H and O–H groups in total. The van der Waals surface area contributed by atoms with Crippen molar-refractivity contribution in [2.75, 3.05) is 19.8 Å². The summed E-state index contributed by atoms with van der Waals surface area (Å²) in [6.07, 6.45) is 3.80. The van der Waals surface area contributed by atoms with Crippen LogP contribution in [0.5, 0.6) is 5.75 Å². The fourth-order valence-electron chi connectivity index (χ4n) is 1.22. The van der Waals surface area contributed by atoms with E-state index in [4.69, 9.17) is 15.2 Å². The molecule has 92 valence electrons. The van der Waals surface area contributed by atoms with Gasteiger partial charge in [-0.2, -0.15) is 0 Å². The van der Waals surface area contributed by atoms with Gasteiger partial charge in [0.1, 0.15) is 5.75 Å². The van der Waals surface area contributed by atoms with Gasteiger partial charge in [0.05, 0.1) is 6.61 Å². The number of carbonyl (C=O) groups excluding carboxylic acids is 1. The second-order valence-electron chi connectivity index (χ2n) is 3.30. The molecule has 0 saturated carbocycles. The SMILES string of the molecule is CCOC(=O)COc1ccc(C=CCN)cc1. The standard InChI is InChI=1S/C13H17NO3/c1-2-16-13(15)10-17-12-7-5-11(6-8-12)4-3-9-14/h3-8H,2,9-10,14H2,1H3. The van der Waals surface area contributed by atoms with Crippen molar-refractivity contribution in [2.45, 2.75) is 6.92 Å². The molecule has 0 unspecified atom stereocenters. The van der Waals surface area contributed by atoms with E-state index >= 15 is 0 Å². The molecule has 0 aliphatic carbocycles. The third-order valence-corrected chi connectivity index (χ3v) is 1.99. The molecule has 17 heavy (non-hydrogen) atoms. The molecule has 0 heterocycles. The van der Waals surface area contributed by atoms with E-state index in [2.05, 4.69) is 0 Å². The van der Waals surface area contributed by atoms with Gasteiger partial charge in [-0.05, 0) is 24.6 Å². The highest BCUT2D eigenvalue weighted by Gasteiger charge is 2.02. The van der Waals surface area contributed by atoms with Crippen LogP contribution in [0.3, 0.4) is 0 Å². The maximum Gasteiger partial charge on any atom is 0.344 e. The number of hydrogen-bond acceptors (Lipinski definition) is 4. The van der Waals surface area contributed by atoms with Gasteiger partial charge in [-0.25, -0.2) is 4.79 Å². The molecule has 0 aromatic heterocycles. The van der Waals surface area contributed by atoms with Crippen molar-refractivity contribution < 1.29 is 14.3 Å². The highest BCUT2D eigenvalue weighted by Crippen LogP contribution is 2.13. The lowest BCUT2D eigenvalue weighted by atomic mass is 10.2. The van der Waals surface area contributed by atoms with Crippen molar-refractivity contribution in [3.8, 4) is 5.75 Å². The van der Waals surface area contributed by atoms with Crippen LogP contribution in [0.15, 0.2) is 30.3 Å². The normalized spacial score (nSPS) is 10.5. The maximum absolute atomic E-state index is 11.1. The van der Waals surface area contributed by atoms with E-state index in [0.29, 0.717) is 18.9 Å². The Morgan fingerprint density at radius 2 is 2.06 bits per heavy atom. The molecule has 0 fully saturated rings. The van der Waals surface area contributed by atoms with Gasteiger partial charge >= 0.3 is 5.97 Å². The van der Waals surface area contributed by atoms with Crippen LogP contribution < -0.4 is 10.5 Å². The maximum atomic E-state index is 11.1. The predicted molar refractivity (Wildman–Crippen MR) is 66.7 cm³/mol. The molecule has 4 nitrogen and oxygen atoms in total. The van der Waals surface area contributed by atoms with Crippen molar-refractivity contribution in [3.63, 3.8) is 0 Å². The molecular formula is C13H17NO3. The Morgan fingerprint density at radius 3 is 2.65 bits per heavy atom. The van der Waals surface area contributed by atoms with Gasteiger partial charge in [0, 0.05) is 6.54 Å². The lowest BCUT2D eigenvalue weighted by Gasteiger charge is -2.05. The third-order valence-electron chi connectivity index (χ3n) is 1.99. The quantitative estimate of drug-likeness (QED) is 0.761. The molecule has 0 aliphatic rings. The molecule has 1 aromatic rings. The molecule has 0 aliphatic heterocycles. The fraction of sp³-hybridized carbons (Fsp3) is 0.308. The summed E-state index contributed by atoms with van der Waals surface area (Å²) in [5, 5.41) is 0. The molecule has 1 aromatic carbocycles. The number of hydrogen-bond donors (Lipinski definition) is 1. The van der Waals surface area contributed by atoms with Gasteiger partial charge in [0.25, 0.3) is 0 Å². The first-order chi connectivity index (χ1) is 8.26. The summed E-state index contributed by atoms with van der Waals surface area (Å²) in [6.45, 7) is 2.58.